The fourth-order valence-corrected chi connectivity index (χ4v) is 2.24. The van der Waals surface area contributed by atoms with Gasteiger partial charge in [-0.2, -0.15) is 0 Å². The van der Waals surface area contributed by atoms with Crippen molar-refractivity contribution in [3.63, 3.8) is 0 Å². The van der Waals surface area contributed by atoms with E-state index in [0.29, 0.717) is 20.8 Å². The normalized spacial score (nSPS) is 10.4. The largest absolute Gasteiger partial charge is 0.488 e. The molecule has 0 aliphatic heterocycles. The molecular weight excluding hydrogens is 325 g/mol. The average Bonchev–Trinajstić information content (AvgIpc) is 2.26. The highest BCUT2D eigenvalue weighted by Crippen LogP contribution is 2.28. The number of hydrogen-bond acceptors (Lipinski definition) is 1. The topological polar surface area (TPSA) is 9.23 Å². The third-order valence-electron chi connectivity index (χ3n) is 2.21. The summed E-state index contributed by atoms with van der Waals surface area (Å²) in [4.78, 5) is 0. The Bertz CT molecular complexity index is 555. The molecule has 0 heterocycles. The molecule has 0 aliphatic rings. The minimum Gasteiger partial charge on any atom is -0.488 e. The van der Waals surface area contributed by atoms with Crippen molar-refractivity contribution in [2.75, 3.05) is 0 Å². The molecule has 0 aromatic heterocycles. The Kier molecular flexibility index (Phi) is 4.19. The van der Waals surface area contributed by atoms with Gasteiger partial charge in [0.2, 0.25) is 0 Å². The van der Waals surface area contributed by atoms with Crippen molar-refractivity contribution >= 4 is 27.5 Å². The molecular formula is C13H8BrClF2O. The zero-order valence-corrected chi connectivity index (χ0v) is 11.4. The third kappa shape index (κ3) is 3.43. The molecule has 2 rings (SSSR count). The summed E-state index contributed by atoms with van der Waals surface area (Å²) in [6.45, 7) is 0.0783. The molecule has 0 aliphatic carbocycles. The zero-order chi connectivity index (χ0) is 13.1. The predicted molar refractivity (Wildman–Crippen MR) is 69.8 cm³/mol. The Morgan fingerprint density at radius 2 is 1.72 bits per heavy atom. The SMILES string of the molecule is Fc1cc(F)cc(COc2ccc(Cl)cc2Br)c1. The number of hydrogen-bond donors (Lipinski definition) is 0. The minimum absolute atomic E-state index is 0.0783. The lowest BCUT2D eigenvalue weighted by molar-refractivity contribution is 0.303. The van der Waals surface area contributed by atoms with E-state index in [1.165, 1.54) is 12.1 Å². The highest BCUT2D eigenvalue weighted by atomic mass is 79.9. The van der Waals surface area contributed by atoms with E-state index in [2.05, 4.69) is 15.9 Å². The summed E-state index contributed by atoms with van der Waals surface area (Å²) in [5, 5.41) is 0.575. The number of benzene rings is 2. The summed E-state index contributed by atoms with van der Waals surface area (Å²) < 4.78 is 32.1. The maximum absolute atomic E-state index is 13.0. The van der Waals surface area contributed by atoms with Crippen molar-refractivity contribution in [2.45, 2.75) is 6.61 Å². The van der Waals surface area contributed by atoms with Gasteiger partial charge in [-0.25, -0.2) is 8.78 Å². The fourth-order valence-electron chi connectivity index (χ4n) is 1.45. The Morgan fingerprint density at radius 3 is 2.33 bits per heavy atom. The Labute approximate surface area is 116 Å². The van der Waals surface area contributed by atoms with Crippen molar-refractivity contribution in [1.82, 2.24) is 0 Å². The van der Waals surface area contributed by atoms with E-state index < -0.39 is 11.6 Å². The molecule has 1 nitrogen and oxygen atoms in total. The first-order chi connectivity index (χ1) is 8.54. The average molecular weight is 334 g/mol. The number of ether oxygens (including phenoxy) is 1. The van der Waals surface area contributed by atoms with Crippen molar-refractivity contribution in [1.29, 1.82) is 0 Å². The van der Waals surface area contributed by atoms with Gasteiger partial charge in [0.05, 0.1) is 4.47 Å². The summed E-state index contributed by atoms with van der Waals surface area (Å²) in [6, 6.07) is 8.32. The second kappa shape index (κ2) is 5.67. The summed E-state index contributed by atoms with van der Waals surface area (Å²) in [5.74, 6) is -0.684. The molecule has 0 bridgehead atoms. The first-order valence-electron chi connectivity index (χ1n) is 5.07. The zero-order valence-electron chi connectivity index (χ0n) is 9.09. The van der Waals surface area contributed by atoms with E-state index in [1.807, 2.05) is 0 Å². The number of halogens is 4. The maximum atomic E-state index is 13.0. The molecule has 0 unspecified atom stereocenters. The van der Waals surface area contributed by atoms with Crippen LogP contribution in [0.15, 0.2) is 40.9 Å². The molecule has 5 heteroatoms. The van der Waals surface area contributed by atoms with E-state index in [1.54, 1.807) is 18.2 Å². The molecule has 2 aromatic carbocycles. The monoisotopic (exact) mass is 332 g/mol. The second-order valence-corrected chi connectivity index (χ2v) is 4.93. The van der Waals surface area contributed by atoms with Gasteiger partial charge in [0.25, 0.3) is 0 Å². The summed E-state index contributed by atoms with van der Waals surface area (Å²) in [6.07, 6.45) is 0. The first-order valence-corrected chi connectivity index (χ1v) is 6.24. The molecule has 0 saturated carbocycles. The van der Waals surface area contributed by atoms with Crippen LogP contribution in [0.3, 0.4) is 0 Å². The lowest BCUT2D eigenvalue weighted by atomic mass is 10.2. The van der Waals surface area contributed by atoms with E-state index in [9.17, 15) is 8.78 Å². The van der Waals surface area contributed by atoms with Gasteiger partial charge in [0, 0.05) is 11.1 Å². The van der Waals surface area contributed by atoms with Gasteiger partial charge in [-0.15, -0.1) is 0 Å². The molecule has 94 valence electrons. The lowest BCUT2D eigenvalue weighted by Crippen LogP contribution is -1.97. The molecule has 0 atom stereocenters. The van der Waals surface area contributed by atoms with Crippen LogP contribution in [-0.2, 0) is 6.61 Å². The Morgan fingerprint density at radius 1 is 1.06 bits per heavy atom. The Balaban J connectivity index is 2.11. The van der Waals surface area contributed by atoms with Crippen LogP contribution < -0.4 is 4.74 Å². The van der Waals surface area contributed by atoms with E-state index >= 15 is 0 Å². The van der Waals surface area contributed by atoms with Crippen LogP contribution in [0.1, 0.15) is 5.56 Å². The van der Waals surface area contributed by atoms with Gasteiger partial charge in [0.15, 0.2) is 0 Å². The fraction of sp³-hybridized carbons (Fsp3) is 0.0769. The summed E-state index contributed by atoms with van der Waals surface area (Å²) >= 11 is 9.08. The molecule has 0 amide bonds. The molecule has 18 heavy (non-hydrogen) atoms. The molecule has 0 N–H and O–H groups in total. The Hall–Kier alpha value is -1.13. The van der Waals surface area contributed by atoms with Gasteiger partial charge < -0.3 is 4.74 Å². The van der Waals surface area contributed by atoms with Gasteiger partial charge >= 0.3 is 0 Å². The summed E-state index contributed by atoms with van der Waals surface area (Å²) in [7, 11) is 0. The van der Waals surface area contributed by atoms with E-state index in [4.69, 9.17) is 16.3 Å². The highest BCUT2D eigenvalue weighted by molar-refractivity contribution is 9.10. The van der Waals surface area contributed by atoms with Crippen molar-refractivity contribution in [3.8, 4) is 5.75 Å². The van der Waals surface area contributed by atoms with Crippen LogP contribution in [0, 0.1) is 11.6 Å². The number of rotatable bonds is 3. The minimum atomic E-state index is -0.622. The van der Waals surface area contributed by atoms with Crippen LogP contribution in [0.5, 0.6) is 5.75 Å². The van der Waals surface area contributed by atoms with E-state index in [-0.39, 0.29) is 6.61 Å². The summed E-state index contributed by atoms with van der Waals surface area (Å²) in [5.41, 5.74) is 0.425. The second-order valence-electron chi connectivity index (χ2n) is 3.64. The molecule has 0 saturated heterocycles. The van der Waals surface area contributed by atoms with Crippen molar-refractivity contribution < 1.29 is 13.5 Å². The molecule has 0 spiro atoms. The van der Waals surface area contributed by atoms with Crippen molar-refractivity contribution in [3.05, 3.63) is 63.1 Å². The van der Waals surface area contributed by atoms with Crippen LogP contribution in [0.4, 0.5) is 8.78 Å². The van der Waals surface area contributed by atoms with Crippen LogP contribution in [-0.4, -0.2) is 0 Å². The highest BCUT2D eigenvalue weighted by Gasteiger charge is 2.04. The smallest absolute Gasteiger partial charge is 0.134 e. The quantitative estimate of drug-likeness (QED) is 0.771. The predicted octanol–water partition coefficient (Wildman–Crippen LogP) is 4.96. The van der Waals surface area contributed by atoms with E-state index in [0.717, 1.165) is 6.07 Å². The van der Waals surface area contributed by atoms with Crippen LogP contribution in [0.25, 0.3) is 0 Å². The lowest BCUT2D eigenvalue weighted by Gasteiger charge is -2.08. The standard InChI is InChI=1S/C13H8BrClF2O/c14-12-5-9(15)1-2-13(12)18-7-8-3-10(16)6-11(17)4-8/h1-6H,7H2. The maximum Gasteiger partial charge on any atom is 0.134 e. The van der Waals surface area contributed by atoms with Crippen molar-refractivity contribution in [2.24, 2.45) is 0 Å². The van der Waals surface area contributed by atoms with Gasteiger partial charge in [-0.05, 0) is 51.8 Å². The van der Waals surface area contributed by atoms with Gasteiger partial charge in [-0.3, -0.25) is 0 Å². The molecule has 0 radical (unpaired) electrons. The van der Waals surface area contributed by atoms with Gasteiger partial charge in [0.1, 0.15) is 24.0 Å². The van der Waals surface area contributed by atoms with Gasteiger partial charge in [-0.1, -0.05) is 11.6 Å². The molecule has 2 aromatic rings. The molecule has 0 fully saturated rings. The third-order valence-corrected chi connectivity index (χ3v) is 3.07. The van der Waals surface area contributed by atoms with Crippen LogP contribution >= 0.6 is 27.5 Å². The van der Waals surface area contributed by atoms with Crippen LogP contribution in [0.2, 0.25) is 5.02 Å². The first kappa shape index (κ1) is 13.3.